The smallest absolute Gasteiger partial charge is 0.262 e. The van der Waals surface area contributed by atoms with Crippen molar-refractivity contribution in [1.29, 1.82) is 0 Å². The van der Waals surface area contributed by atoms with Gasteiger partial charge in [0.1, 0.15) is 6.04 Å². The lowest BCUT2D eigenvalue weighted by Gasteiger charge is -2.42. The summed E-state index contributed by atoms with van der Waals surface area (Å²) in [5.74, 6) is -2.00. The summed E-state index contributed by atoms with van der Waals surface area (Å²) in [7, 11) is 0. The van der Waals surface area contributed by atoms with Crippen molar-refractivity contribution in [2.45, 2.75) is 31.8 Å². The monoisotopic (exact) mass is 400 g/mol. The molecule has 0 aliphatic carbocycles. The summed E-state index contributed by atoms with van der Waals surface area (Å²) >= 11 is 0. The molecule has 2 saturated heterocycles. The van der Waals surface area contributed by atoms with Gasteiger partial charge >= 0.3 is 0 Å². The third kappa shape index (κ3) is 3.45. The minimum absolute atomic E-state index is 0.00525. The van der Waals surface area contributed by atoms with Crippen molar-refractivity contribution < 1.29 is 24.3 Å². The minimum atomic E-state index is -0.963. The Bertz CT molecular complexity index is 880. The van der Waals surface area contributed by atoms with Crippen LogP contribution >= 0.6 is 0 Å². The maximum absolute atomic E-state index is 13.1. The highest BCUT2D eigenvalue weighted by Crippen LogP contribution is 2.30. The van der Waals surface area contributed by atoms with Crippen molar-refractivity contribution in [2.24, 2.45) is 5.41 Å². The second kappa shape index (κ2) is 7.66. The molecule has 1 aromatic rings. The zero-order valence-electron chi connectivity index (χ0n) is 16.0. The van der Waals surface area contributed by atoms with Crippen molar-refractivity contribution in [3.63, 3.8) is 0 Å². The number of carbonyl (C=O) groups is 4. The predicted molar refractivity (Wildman–Crippen MR) is 102 cm³/mol. The number of carbonyl (C=O) groups excluding carboxylic acids is 4. The SMILES string of the molecule is O=C1CCC(N2C(=O)c3cccc(CNCC4(CCO)CNC4)c3C2=O)C(=O)N1. The standard InChI is InChI=1S/C20H24N4O5/c25-7-6-20(10-22-11-20)9-21-8-12-2-1-3-13-16(12)19(29)24(18(13)28)14-4-5-15(26)23-17(14)27/h1-3,14,21-22,25H,4-11H2,(H,23,26,27). The highest BCUT2D eigenvalue weighted by atomic mass is 16.3. The Labute approximate surface area is 167 Å². The van der Waals surface area contributed by atoms with Gasteiger partial charge in [0.2, 0.25) is 11.8 Å². The molecule has 3 heterocycles. The molecular weight excluding hydrogens is 376 g/mol. The maximum Gasteiger partial charge on any atom is 0.262 e. The van der Waals surface area contributed by atoms with Crippen LogP contribution in [0.15, 0.2) is 18.2 Å². The van der Waals surface area contributed by atoms with E-state index in [0.29, 0.717) is 30.6 Å². The van der Waals surface area contributed by atoms with Gasteiger partial charge in [-0.15, -0.1) is 0 Å². The summed E-state index contributed by atoms with van der Waals surface area (Å²) in [5.41, 5.74) is 1.31. The van der Waals surface area contributed by atoms with Gasteiger partial charge in [-0.2, -0.15) is 0 Å². The fourth-order valence-electron chi connectivity index (χ4n) is 4.30. The van der Waals surface area contributed by atoms with Crippen LogP contribution in [0.3, 0.4) is 0 Å². The molecular formula is C20H24N4O5. The number of amides is 4. The lowest BCUT2D eigenvalue weighted by molar-refractivity contribution is -0.136. The molecule has 1 aromatic carbocycles. The first-order valence-electron chi connectivity index (χ1n) is 9.81. The number of imide groups is 2. The fraction of sp³-hybridized carbons (Fsp3) is 0.500. The molecule has 0 aromatic heterocycles. The first kappa shape index (κ1) is 19.7. The molecule has 0 spiro atoms. The first-order valence-corrected chi connectivity index (χ1v) is 9.81. The summed E-state index contributed by atoms with van der Waals surface area (Å²) in [6.45, 7) is 2.86. The third-order valence-corrected chi connectivity index (χ3v) is 6.01. The minimum Gasteiger partial charge on any atom is -0.396 e. The molecule has 9 heteroatoms. The molecule has 4 amide bonds. The number of nitrogens with one attached hydrogen (secondary N) is 3. The Morgan fingerprint density at radius 3 is 2.62 bits per heavy atom. The predicted octanol–water partition coefficient (Wildman–Crippen LogP) is -0.851. The van der Waals surface area contributed by atoms with Crippen LogP contribution in [-0.2, 0) is 16.1 Å². The summed E-state index contributed by atoms with van der Waals surface area (Å²) in [4.78, 5) is 50.5. The molecule has 1 atom stereocenters. The molecule has 0 radical (unpaired) electrons. The van der Waals surface area contributed by atoms with Crippen LogP contribution in [0.2, 0.25) is 0 Å². The Kier molecular flexibility index (Phi) is 5.20. The number of fused-ring (bicyclic) bond motifs is 1. The molecule has 29 heavy (non-hydrogen) atoms. The van der Waals surface area contributed by atoms with Gasteiger partial charge in [-0.05, 0) is 24.5 Å². The molecule has 4 rings (SSSR count). The number of rotatable bonds is 7. The van der Waals surface area contributed by atoms with Gasteiger partial charge in [-0.25, -0.2) is 0 Å². The zero-order chi connectivity index (χ0) is 20.6. The second-order valence-electron chi connectivity index (χ2n) is 7.97. The van der Waals surface area contributed by atoms with Crippen LogP contribution in [0, 0.1) is 5.41 Å². The molecule has 1 unspecified atom stereocenters. The molecule has 4 N–H and O–H groups in total. The van der Waals surface area contributed by atoms with E-state index in [0.717, 1.165) is 18.0 Å². The van der Waals surface area contributed by atoms with E-state index in [-0.39, 0.29) is 30.4 Å². The van der Waals surface area contributed by atoms with Gasteiger partial charge in [0.05, 0.1) is 11.1 Å². The van der Waals surface area contributed by atoms with E-state index in [9.17, 15) is 24.3 Å². The van der Waals surface area contributed by atoms with E-state index in [2.05, 4.69) is 16.0 Å². The van der Waals surface area contributed by atoms with E-state index in [1.54, 1.807) is 18.2 Å². The van der Waals surface area contributed by atoms with Crippen molar-refractivity contribution in [3.05, 3.63) is 34.9 Å². The average molecular weight is 400 g/mol. The summed E-state index contributed by atoms with van der Waals surface area (Å²) in [5, 5.41) is 18.0. The third-order valence-electron chi connectivity index (χ3n) is 6.01. The molecule has 3 aliphatic rings. The number of aliphatic hydroxyl groups excluding tert-OH is 1. The molecule has 9 nitrogen and oxygen atoms in total. The van der Waals surface area contributed by atoms with Crippen molar-refractivity contribution >= 4 is 23.6 Å². The van der Waals surface area contributed by atoms with Crippen molar-refractivity contribution in [1.82, 2.24) is 20.9 Å². The molecule has 154 valence electrons. The Balaban J connectivity index is 1.50. The normalized spacial score (nSPS) is 23.1. The van der Waals surface area contributed by atoms with Crippen LogP contribution in [0.25, 0.3) is 0 Å². The Morgan fingerprint density at radius 2 is 1.97 bits per heavy atom. The van der Waals surface area contributed by atoms with E-state index < -0.39 is 29.7 Å². The Morgan fingerprint density at radius 1 is 1.17 bits per heavy atom. The van der Waals surface area contributed by atoms with E-state index in [4.69, 9.17) is 0 Å². The van der Waals surface area contributed by atoms with E-state index >= 15 is 0 Å². The number of hydrogen-bond acceptors (Lipinski definition) is 7. The molecule has 0 saturated carbocycles. The molecule has 3 aliphatic heterocycles. The number of piperidine rings is 1. The lowest BCUT2D eigenvalue weighted by atomic mass is 9.78. The number of benzene rings is 1. The molecule has 0 bridgehead atoms. The van der Waals surface area contributed by atoms with Gasteiger partial charge in [0, 0.05) is 44.6 Å². The van der Waals surface area contributed by atoms with Gasteiger partial charge in [-0.3, -0.25) is 29.4 Å². The highest BCUT2D eigenvalue weighted by Gasteiger charge is 2.45. The van der Waals surface area contributed by atoms with Crippen LogP contribution in [0.4, 0.5) is 0 Å². The summed E-state index contributed by atoms with van der Waals surface area (Å²) in [6, 6.07) is 4.15. The number of hydrogen-bond donors (Lipinski definition) is 4. The summed E-state index contributed by atoms with van der Waals surface area (Å²) in [6.07, 6.45) is 0.931. The van der Waals surface area contributed by atoms with Crippen molar-refractivity contribution in [3.8, 4) is 0 Å². The van der Waals surface area contributed by atoms with Gasteiger partial charge in [0.15, 0.2) is 0 Å². The maximum atomic E-state index is 13.1. The van der Waals surface area contributed by atoms with Gasteiger partial charge in [0.25, 0.3) is 11.8 Å². The van der Waals surface area contributed by atoms with Crippen LogP contribution in [0.1, 0.15) is 45.5 Å². The largest absolute Gasteiger partial charge is 0.396 e. The van der Waals surface area contributed by atoms with Crippen LogP contribution < -0.4 is 16.0 Å². The van der Waals surface area contributed by atoms with Crippen LogP contribution in [-0.4, -0.2) is 65.9 Å². The fourth-order valence-corrected chi connectivity index (χ4v) is 4.30. The summed E-state index contributed by atoms with van der Waals surface area (Å²) < 4.78 is 0. The van der Waals surface area contributed by atoms with E-state index in [1.807, 2.05) is 0 Å². The lowest BCUT2D eigenvalue weighted by Crippen LogP contribution is -2.58. The number of aliphatic hydroxyl groups is 1. The zero-order valence-corrected chi connectivity index (χ0v) is 16.0. The first-order chi connectivity index (χ1) is 14.0. The second-order valence-corrected chi connectivity index (χ2v) is 7.97. The van der Waals surface area contributed by atoms with Crippen molar-refractivity contribution in [2.75, 3.05) is 26.2 Å². The molecule has 2 fully saturated rings. The topological polar surface area (TPSA) is 128 Å². The van der Waals surface area contributed by atoms with Gasteiger partial charge in [-0.1, -0.05) is 12.1 Å². The number of nitrogens with zero attached hydrogens (tertiary/aromatic N) is 1. The van der Waals surface area contributed by atoms with Crippen LogP contribution in [0.5, 0.6) is 0 Å². The van der Waals surface area contributed by atoms with E-state index in [1.165, 1.54) is 0 Å². The highest BCUT2D eigenvalue weighted by molar-refractivity contribution is 6.24. The quantitative estimate of drug-likeness (QED) is 0.439. The Hall–Kier alpha value is -2.62. The van der Waals surface area contributed by atoms with Gasteiger partial charge < -0.3 is 15.7 Å². The average Bonchev–Trinajstić information content (AvgIpc) is 2.91.